The van der Waals surface area contributed by atoms with Gasteiger partial charge in [0, 0.05) is 17.6 Å². The van der Waals surface area contributed by atoms with Crippen LogP contribution in [0.2, 0.25) is 0 Å². The molecular formula is C13H20ClN3O3S. The lowest BCUT2D eigenvalue weighted by atomic mass is 10.1. The summed E-state index contributed by atoms with van der Waals surface area (Å²) in [6.45, 7) is 0. The first-order valence-electron chi connectivity index (χ1n) is 6.52. The zero-order chi connectivity index (χ0) is 14.8. The first-order chi connectivity index (χ1) is 9.42. The lowest BCUT2D eigenvalue weighted by Crippen LogP contribution is -2.23. The van der Waals surface area contributed by atoms with Crippen molar-refractivity contribution in [1.29, 1.82) is 0 Å². The normalized spacial score (nSPS) is 21.6. The summed E-state index contributed by atoms with van der Waals surface area (Å²) >= 11 is 0. The number of anilines is 1. The minimum absolute atomic E-state index is 0. The van der Waals surface area contributed by atoms with Crippen LogP contribution in [0.3, 0.4) is 0 Å². The molecule has 118 valence electrons. The van der Waals surface area contributed by atoms with Gasteiger partial charge in [-0.1, -0.05) is 6.07 Å². The van der Waals surface area contributed by atoms with Crippen molar-refractivity contribution in [3.8, 4) is 0 Å². The molecule has 0 aromatic heterocycles. The highest BCUT2D eigenvalue weighted by Gasteiger charge is 2.27. The average Bonchev–Trinajstić information content (AvgIpc) is 2.86. The van der Waals surface area contributed by atoms with Crippen LogP contribution in [0.25, 0.3) is 0 Å². The Kier molecular flexibility index (Phi) is 6.15. The Hall–Kier alpha value is -1.15. The molecule has 2 unspecified atom stereocenters. The van der Waals surface area contributed by atoms with E-state index in [1.54, 1.807) is 12.1 Å². The van der Waals surface area contributed by atoms with E-state index in [2.05, 4.69) is 10.0 Å². The maximum atomic E-state index is 12.1. The quantitative estimate of drug-likeness (QED) is 0.767. The number of sulfonamides is 1. The van der Waals surface area contributed by atoms with Crippen LogP contribution < -0.4 is 15.8 Å². The third-order valence-electron chi connectivity index (χ3n) is 3.52. The molecule has 0 saturated heterocycles. The van der Waals surface area contributed by atoms with Gasteiger partial charge < -0.3 is 11.1 Å². The number of nitrogens with one attached hydrogen (secondary N) is 2. The summed E-state index contributed by atoms with van der Waals surface area (Å²) in [7, 11) is -2.16. The van der Waals surface area contributed by atoms with E-state index in [-0.39, 0.29) is 35.2 Å². The Balaban J connectivity index is 0.00000220. The average molecular weight is 334 g/mol. The van der Waals surface area contributed by atoms with E-state index in [0.717, 1.165) is 12.8 Å². The van der Waals surface area contributed by atoms with Gasteiger partial charge in [-0.3, -0.25) is 4.79 Å². The fourth-order valence-electron chi connectivity index (χ4n) is 2.36. The van der Waals surface area contributed by atoms with E-state index >= 15 is 0 Å². The number of hydrogen-bond donors (Lipinski definition) is 3. The van der Waals surface area contributed by atoms with Crippen LogP contribution in [0.15, 0.2) is 29.2 Å². The van der Waals surface area contributed by atoms with Crippen molar-refractivity contribution < 1.29 is 13.2 Å². The molecule has 1 aliphatic carbocycles. The minimum atomic E-state index is -3.51. The molecule has 1 fully saturated rings. The van der Waals surface area contributed by atoms with Gasteiger partial charge >= 0.3 is 0 Å². The van der Waals surface area contributed by atoms with Crippen molar-refractivity contribution in [2.24, 2.45) is 11.7 Å². The molecule has 0 heterocycles. The van der Waals surface area contributed by atoms with Gasteiger partial charge in [0.15, 0.2) is 0 Å². The SMILES string of the molecule is CNS(=O)(=O)c1cccc(NC(=O)C2CCC(N)C2)c1.Cl. The van der Waals surface area contributed by atoms with Gasteiger partial charge in [0.05, 0.1) is 4.90 Å². The maximum Gasteiger partial charge on any atom is 0.240 e. The van der Waals surface area contributed by atoms with E-state index in [1.165, 1.54) is 19.2 Å². The van der Waals surface area contributed by atoms with Crippen LogP contribution in [0.4, 0.5) is 5.69 Å². The smallest absolute Gasteiger partial charge is 0.240 e. The molecule has 2 rings (SSSR count). The van der Waals surface area contributed by atoms with Crippen LogP contribution in [0, 0.1) is 5.92 Å². The maximum absolute atomic E-state index is 12.1. The molecule has 1 saturated carbocycles. The standard InChI is InChI=1S/C13H19N3O3S.ClH/c1-15-20(18,19)12-4-2-3-11(8-12)16-13(17)9-5-6-10(14)7-9;/h2-4,8-10,15H,5-7,14H2,1H3,(H,16,17);1H. The zero-order valence-electron chi connectivity index (χ0n) is 11.7. The third kappa shape index (κ3) is 4.41. The second-order valence-electron chi connectivity index (χ2n) is 4.99. The highest BCUT2D eigenvalue weighted by molar-refractivity contribution is 7.89. The van der Waals surface area contributed by atoms with Crippen molar-refractivity contribution >= 4 is 34.0 Å². The topological polar surface area (TPSA) is 101 Å². The molecule has 4 N–H and O–H groups in total. The summed E-state index contributed by atoms with van der Waals surface area (Å²) in [5, 5.41) is 2.75. The number of halogens is 1. The van der Waals surface area contributed by atoms with Gasteiger partial charge in [-0.15, -0.1) is 12.4 Å². The number of rotatable bonds is 4. The zero-order valence-corrected chi connectivity index (χ0v) is 13.3. The van der Waals surface area contributed by atoms with Crippen LogP contribution in [0.1, 0.15) is 19.3 Å². The predicted octanol–water partition coefficient (Wildman–Crippen LogP) is 1.08. The number of carbonyl (C=O) groups is 1. The molecule has 0 radical (unpaired) electrons. The molecule has 0 aliphatic heterocycles. The fraction of sp³-hybridized carbons (Fsp3) is 0.462. The minimum Gasteiger partial charge on any atom is -0.328 e. The monoisotopic (exact) mass is 333 g/mol. The van der Waals surface area contributed by atoms with Crippen molar-refractivity contribution in [3.05, 3.63) is 24.3 Å². The molecule has 21 heavy (non-hydrogen) atoms. The van der Waals surface area contributed by atoms with E-state index < -0.39 is 10.0 Å². The molecule has 0 bridgehead atoms. The van der Waals surface area contributed by atoms with E-state index in [0.29, 0.717) is 12.1 Å². The highest BCUT2D eigenvalue weighted by Crippen LogP contribution is 2.25. The molecule has 1 amide bonds. The van der Waals surface area contributed by atoms with Gasteiger partial charge in [0.1, 0.15) is 0 Å². The number of carbonyl (C=O) groups excluding carboxylic acids is 1. The molecule has 1 aromatic carbocycles. The largest absolute Gasteiger partial charge is 0.328 e. The second-order valence-corrected chi connectivity index (χ2v) is 6.88. The van der Waals surface area contributed by atoms with Gasteiger partial charge in [0.2, 0.25) is 15.9 Å². The number of hydrogen-bond acceptors (Lipinski definition) is 4. The Morgan fingerprint density at radius 2 is 2.05 bits per heavy atom. The molecule has 1 aromatic rings. The van der Waals surface area contributed by atoms with Gasteiger partial charge in [-0.05, 0) is 44.5 Å². The van der Waals surface area contributed by atoms with Crippen molar-refractivity contribution in [2.45, 2.75) is 30.2 Å². The number of nitrogens with two attached hydrogens (primary N) is 1. The van der Waals surface area contributed by atoms with Crippen molar-refractivity contribution in [2.75, 3.05) is 12.4 Å². The van der Waals surface area contributed by atoms with Gasteiger partial charge in [-0.2, -0.15) is 0 Å². The predicted molar refractivity (Wildman–Crippen MR) is 83.9 cm³/mol. The van der Waals surface area contributed by atoms with Crippen molar-refractivity contribution in [3.63, 3.8) is 0 Å². The molecular weight excluding hydrogens is 314 g/mol. The summed E-state index contributed by atoms with van der Waals surface area (Å²) in [4.78, 5) is 12.2. The fourth-order valence-corrected chi connectivity index (χ4v) is 3.13. The van der Waals surface area contributed by atoms with Gasteiger partial charge in [-0.25, -0.2) is 13.1 Å². The molecule has 6 nitrogen and oxygen atoms in total. The summed E-state index contributed by atoms with van der Waals surface area (Å²) < 4.78 is 25.6. The highest BCUT2D eigenvalue weighted by atomic mass is 35.5. The summed E-state index contributed by atoms with van der Waals surface area (Å²) in [6, 6.07) is 6.27. The Bertz CT molecular complexity index is 606. The lowest BCUT2D eigenvalue weighted by Gasteiger charge is -2.11. The summed E-state index contributed by atoms with van der Waals surface area (Å²) in [6.07, 6.45) is 2.31. The van der Waals surface area contributed by atoms with Crippen molar-refractivity contribution in [1.82, 2.24) is 4.72 Å². The Labute approximate surface area is 130 Å². The van der Waals surface area contributed by atoms with Gasteiger partial charge in [0.25, 0.3) is 0 Å². The number of benzene rings is 1. The Morgan fingerprint density at radius 3 is 2.62 bits per heavy atom. The molecule has 8 heteroatoms. The Morgan fingerprint density at radius 1 is 1.33 bits per heavy atom. The first kappa shape index (κ1) is 17.9. The third-order valence-corrected chi connectivity index (χ3v) is 4.94. The van der Waals surface area contributed by atoms with E-state index in [9.17, 15) is 13.2 Å². The van der Waals surface area contributed by atoms with Crippen LogP contribution in [0.5, 0.6) is 0 Å². The summed E-state index contributed by atoms with van der Waals surface area (Å²) in [5.41, 5.74) is 6.27. The molecule has 2 atom stereocenters. The second kappa shape index (κ2) is 7.22. The van der Waals surface area contributed by atoms with Crippen LogP contribution in [-0.2, 0) is 14.8 Å². The summed E-state index contributed by atoms with van der Waals surface area (Å²) in [5.74, 6) is -0.188. The van der Waals surface area contributed by atoms with Crippen LogP contribution in [-0.4, -0.2) is 27.4 Å². The van der Waals surface area contributed by atoms with E-state index in [1.807, 2.05) is 0 Å². The van der Waals surface area contributed by atoms with Crippen LogP contribution >= 0.6 is 12.4 Å². The van der Waals surface area contributed by atoms with E-state index in [4.69, 9.17) is 5.73 Å². The first-order valence-corrected chi connectivity index (χ1v) is 8.01. The lowest BCUT2D eigenvalue weighted by molar-refractivity contribution is -0.119. The molecule has 1 aliphatic rings. The molecule has 0 spiro atoms. The number of amides is 1.